The van der Waals surface area contributed by atoms with Crippen LogP contribution in [0.1, 0.15) is 0 Å². The minimum absolute atomic E-state index is 0.199. The minimum Gasteiger partial charge on any atom is -0.508 e. The zero-order chi connectivity index (χ0) is 17.2. The molecule has 4 nitrogen and oxygen atoms in total. The highest BCUT2D eigenvalue weighted by molar-refractivity contribution is 6.09. The molecule has 0 fully saturated rings. The smallest absolute Gasteiger partial charge is 0.323 e. The number of nitrogens with one attached hydrogen (secondary N) is 2. The third-order valence-corrected chi connectivity index (χ3v) is 4.15. The fraction of sp³-hybridized carbons (Fsp3) is 0. The summed E-state index contributed by atoms with van der Waals surface area (Å²) in [4.78, 5) is 12.5. The van der Waals surface area contributed by atoms with Gasteiger partial charge in [-0.15, -0.1) is 0 Å². The molecule has 0 bridgehead atoms. The Hall–Kier alpha value is -3.53. The van der Waals surface area contributed by atoms with Gasteiger partial charge in [-0.25, -0.2) is 4.79 Å². The number of anilines is 2. The first kappa shape index (κ1) is 15.0. The van der Waals surface area contributed by atoms with Gasteiger partial charge in [0.15, 0.2) is 0 Å². The molecule has 0 aliphatic carbocycles. The lowest BCUT2D eigenvalue weighted by atomic mass is 10.1. The van der Waals surface area contributed by atoms with Gasteiger partial charge in [0.25, 0.3) is 0 Å². The zero-order valence-electron chi connectivity index (χ0n) is 13.4. The SMILES string of the molecule is O=C(Nc1cccc2ccccc12)Nc1cccc2cc(O)ccc12. The average Bonchev–Trinajstić information content (AvgIpc) is 2.62. The standard InChI is InChI=1S/C21H16N2O2/c24-16-11-12-18-15(13-16)7-4-10-20(18)23-21(25)22-19-9-3-6-14-5-1-2-8-17(14)19/h1-13,24H,(H2,22,23,25). The van der Waals surface area contributed by atoms with Gasteiger partial charge in [0.2, 0.25) is 0 Å². The molecule has 2 amide bonds. The third-order valence-electron chi connectivity index (χ3n) is 4.15. The van der Waals surface area contributed by atoms with Crippen molar-refractivity contribution in [2.75, 3.05) is 10.6 Å². The fourth-order valence-corrected chi connectivity index (χ4v) is 2.99. The number of fused-ring (bicyclic) bond motifs is 2. The largest absolute Gasteiger partial charge is 0.508 e. The number of amides is 2. The van der Waals surface area contributed by atoms with Crippen LogP contribution in [0.25, 0.3) is 21.5 Å². The van der Waals surface area contributed by atoms with Crippen molar-refractivity contribution in [2.45, 2.75) is 0 Å². The summed E-state index contributed by atoms with van der Waals surface area (Å²) in [6, 6.07) is 24.0. The van der Waals surface area contributed by atoms with Gasteiger partial charge in [0.05, 0.1) is 11.4 Å². The molecule has 122 valence electrons. The van der Waals surface area contributed by atoms with Crippen LogP contribution in [0.5, 0.6) is 5.75 Å². The van der Waals surface area contributed by atoms with E-state index in [0.717, 1.165) is 27.2 Å². The van der Waals surface area contributed by atoms with E-state index >= 15 is 0 Å². The van der Waals surface area contributed by atoms with E-state index in [4.69, 9.17) is 0 Å². The molecule has 0 aromatic heterocycles. The first-order valence-electron chi connectivity index (χ1n) is 7.98. The van der Waals surface area contributed by atoms with Gasteiger partial charge >= 0.3 is 6.03 Å². The van der Waals surface area contributed by atoms with E-state index < -0.39 is 0 Å². The number of urea groups is 1. The van der Waals surface area contributed by atoms with Crippen LogP contribution in [0.4, 0.5) is 16.2 Å². The van der Waals surface area contributed by atoms with Gasteiger partial charge in [-0.1, -0.05) is 48.5 Å². The van der Waals surface area contributed by atoms with Crippen molar-refractivity contribution in [3.63, 3.8) is 0 Å². The molecule has 3 N–H and O–H groups in total. The number of benzene rings is 4. The van der Waals surface area contributed by atoms with Crippen molar-refractivity contribution in [1.29, 1.82) is 0 Å². The molecule has 0 aliphatic rings. The van der Waals surface area contributed by atoms with Gasteiger partial charge in [-0.05, 0) is 41.1 Å². The summed E-state index contributed by atoms with van der Waals surface area (Å²) in [6.45, 7) is 0. The number of phenols is 1. The molecule has 0 heterocycles. The Morgan fingerprint density at radius 1 is 0.680 bits per heavy atom. The number of aromatic hydroxyl groups is 1. The molecule has 0 radical (unpaired) electrons. The van der Waals surface area contributed by atoms with Crippen LogP contribution in [0.3, 0.4) is 0 Å². The maximum Gasteiger partial charge on any atom is 0.323 e. The summed E-state index contributed by atoms with van der Waals surface area (Å²) >= 11 is 0. The Balaban J connectivity index is 1.62. The second-order valence-electron chi connectivity index (χ2n) is 5.82. The Labute approximate surface area is 144 Å². The average molecular weight is 328 g/mol. The molecular formula is C21H16N2O2. The summed E-state index contributed by atoms with van der Waals surface area (Å²) in [7, 11) is 0. The summed E-state index contributed by atoms with van der Waals surface area (Å²) in [6.07, 6.45) is 0. The van der Waals surface area contributed by atoms with E-state index in [1.807, 2.05) is 60.7 Å². The summed E-state index contributed by atoms with van der Waals surface area (Å²) < 4.78 is 0. The number of phenolic OH excluding ortho intramolecular Hbond substituents is 1. The van der Waals surface area contributed by atoms with E-state index in [1.54, 1.807) is 18.2 Å². The van der Waals surface area contributed by atoms with Crippen molar-refractivity contribution in [2.24, 2.45) is 0 Å². The lowest BCUT2D eigenvalue weighted by Crippen LogP contribution is -2.19. The molecule has 4 heteroatoms. The van der Waals surface area contributed by atoms with Crippen LogP contribution >= 0.6 is 0 Å². The highest BCUT2D eigenvalue weighted by atomic mass is 16.3. The Bertz CT molecular complexity index is 1080. The van der Waals surface area contributed by atoms with E-state index in [9.17, 15) is 9.90 Å². The van der Waals surface area contributed by atoms with Crippen molar-refractivity contribution in [1.82, 2.24) is 0 Å². The molecular weight excluding hydrogens is 312 g/mol. The van der Waals surface area contributed by atoms with Crippen molar-refractivity contribution in [3.05, 3.63) is 78.9 Å². The van der Waals surface area contributed by atoms with Crippen LogP contribution in [0.15, 0.2) is 78.9 Å². The lowest BCUT2D eigenvalue weighted by molar-refractivity contribution is 0.262. The van der Waals surface area contributed by atoms with Crippen molar-refractivity contribution in [3.8, 4) is 5.75 Å². The maximum absolute atomic E-state index is 12.5. The van der Waals surface area contributed by atoms with Crippen LogP contribution in [0, 0.1) is 0 Å². The molecule has 0 spiro atoms. The molecule has 0 aliphatic heterocycles. The quantitative estimate of drug-likeness (QED) is 0.465. The number of hydrogen-bond acceptors (Lipinski definition) is 2. The van der Waals surface area contributed by atoms with Crippen molar-refractivity contribution >= 4 is 39.0 Å². The molecule has 4 rings (SSSR count). The fourth-order valence-electron chi connectivity index (χ4n) is 2.99. The monoisotopic (exact) mass is 328 g/mol. The van der Waals surface area contributed by atoms with Gasteiger partial charge in [-0.3, -0.25) is 0 Å². The number of hydrogen-bond donors (Lipinski definition) is 3. The Morgan fingerprint density at radius 3 is 2.04 bits per heavy atom. The second kappa shape index (κ2) is 6.17. The molecule has 0 atom stereocenters. The van der Waals surface area contributed by atoms with E-state index in [0.29, 0.717) is 5.69 Å². The predicted molar refractivity (Wildman–Crippen MR) is 102 cm³/mol. The van der Waals surface area contributed by atoms with Crippen LogP contribution < -0.4 is 10.6 Å². The predicted octanol–water partition coefficient (Wildman–Crippen LogP) is 5.34. The van der Waals surface area contributed by atoms with Gasteiger partial charge in [0, 0.05) is 10.8 Å². The van der Waals surface area contributed by atoms with Crippen molar-refractivity contribution < 1.29 is 9.90 Å². The first-order valence-corrected chi connectivity index (χ1v) is 7.98. The number of rotatable bonds is 2. The maximum atomic E-state index is 12.5. The molecule has 25 heavy (non-hydrogen) atoms. The molecule has 4 aromatic carbocycles. The first-order chi connectivity index (χ1) is 12.2. The Morgan fingerprint density at radius 2 is 1.28 bits per heavy atom. The molecule has 0 saturated heterocycles. The highest BCUT2D eigenvalue weighted by Gasteiger charge is 2.08. The zero-order valence-corrected chi connectivity index (χ0v) is 13.4. The normalized spacial score (nSPS) is 10.7. The van der Waals surface area contributed by atoms with Gasteiger partial charge in [-0.2, -0.15) is 0 Å². The lowest BCUT2D eigenvalue weighted by Gasteiger charge is -2.12. The highest BCUT2D eigenvalue weighted by Crippen LogP contribution is 2.27. The van der Waals surface area contributed by atoms with Gasteiger partial charge in [0.1, 0.15) is 5.75 Å². The summed E-state index contributed by atoms with van der Waals surface area (Å²) in [5.41, 5.74) is 1.45. The van der Waals surface area contributed by atoms with Crippen LogP contribution in [0.2, 0.25) is 0 Å². The van der Waals surface area contributed by atoms with E-state index in [2.05, 4.69) is 10.6 Å². The second-order valence-corrected chi connectivity index (χ2v) is 5.82. The minimum atomic E-state index is -0.308. The Kier molecular flexibility index (Phi) is 3.71. The number of carbonyl (C=O) groups is 1. The summed E-state index contributed by atoms with van der Waals surface area (Å²) in [5.74, 6) is 0.199. The van der Waals surface area contributed by atoms with Crippen LogP contribution in [-0.4, -0.2) is 11.1 Å². The topological polar surface area (TPSA) is 61.4 Å². The van der Waals surface area contributed by atoms with Crippen LogP contribution in [-0.2, 0) is 0 Å². The van der Waals surface area contributed by atoms with E-state index in [-0.39, 0.29) is 11.8 Å². The van der Waals surface area contributed by atoms with E-state index in [1.165, 1.54) is 0 Å². The summed E-state index contributed by atoms with van der Waals surface area (Å²) in [5, 5.41) is 19.2. The molecule has 4 aromatic rings. The van der Waals surface area contributed by atoms with Gasteiger partial charge < -0.3 is 15.7 Å². The third kappa shape index (κ3) is 2.97. The molecule has 0 unspecified atom stereocenters. The number of carbonyl (C=O) groups excluding carboxylic acids is 1. The molecule has 0 saturated carbocycles.